The molecule has 3 N–H and O–H groups in total. The first kappa shape index (κ1) is 25.2. The fourth-order valence-electron chi connectivity index (χ4n) is 3.03. The van der Waals surface area contributed by atoms with Crippen molar-refractivity contribution in [2.75, 3.05) is 18.8 Å². The third-order valence-corrected chi connectivity index (χ3v) is 6.00. The van der Waals surface area contributed by atoms with Crippen molar-refractivity contribution in [1.82, 2.24) is 15.4 Å². The van der Waals surface area contributed by atoms with Gasteiger partial charge in [0, 0.05) is 30.6 Å². The van der Waals surface area contributed by atoms with Gasteiger partial charge >= 0.3 is 0 Å². The number of halogens is 1. The van der Waals surface area contributed by atoms with Gasteiger partial charge in [-0.3, -0.25) is 0 Å². The maximum absolute atomic E-state index is 12.2. The number of aryl methyl sites for hydroxylation is 1. The molecule has 3 aromatic rings. The Morgan fingerprint density at radius 1 is 1.03 bits per heavy atom. The largest absolute Gasteiger partial charge is 0.459 e. The number of hydrogen-bond donors (Lipinski definition) is 3. The highest BCUT2D eigenvalue weighted by Gasteiger charge is 2.12. The van der Waals surface area contributed by atoms with E-state index in [2.05, 4.69) is 20.3 Å². The number of aliphatic imine (C=N–C) groups is 1. The quantitative estimate of drug-likeness (QED) is 0.213. The minimum Gasteiger partial charge on any atom is -0.459 e. The Kier molecular flexibility index (Phi) is 9.79. The third-order valence-electron chi connectivity index (χ3n) is 4.67. The van der Waals surface area contributed by atoms with Crippen molar-refractivity contribution in [2.45, 2.75) is 26.9 Å². The van der Waals surface area contributed by atoms with Crippen LogP contribution in [0.3, 0.4) is 0 Å². The summed E-state index contributed by atoms with van der Waals surface area (Å²) in [6, 6.07) is 17.3. The average Bonchev–Trinajstić information content (AvgIpc) is 3.07. The lowest BCUT2D eigenvalue weighted by Gasteiger charge is -2.12. The Labute approximate surface area is 200 Å². The van der Waals surface area contributed by atoms with Crippen LogP contribution in [0.5, 0.6) is 0 Å². The molecule has 7 nitrogen and oxygen atoms in total. The summed E-state index contributed by atoms with van der Waals surface area (Å²) in [7, 11) is -3.40. The van der Waals surface area contributed by atoms with Gasteiger partial charge in [0.25, 0.3) is 0 Å². The number of fused-ring (bicyclic) bond motifs is 1. The topological polar surface area (TPSA) is 95.7 Å². The van der Waals surface area contributed by atoms with E-state index in [9.17, 15) is 8.42 Å². The highest BCUT2D eigenvalue weighted by Crippen LogP contribution is 2.25. The van der Waals surface area contributed by atoms with Crippen molar-refractivity contribution in [2.24, 2.45) is 4.99 Å². The van der Waals surface area contributed by atoms with Crippen LogP contribution in [-0.4, -0.2) is 33.2 Å². The van der Waals surface area contributed by atoms with Crippen LogP contribution in [0.15, 0.2) is 64.0 Å². The zero-order valence-electron chi connectivity index (χ0n) is 17.7. The molecule has 0 bridgehead atoms. The van der Waals surface area contributed by atoms with Crippen LogP contribution in [0.2, 0.25) is 0 Å². The predicted octanol–water partition coefficient (Wildman–Crippen LogP) is 3.53. The van der Waals surface area contributed by atoms with E-state index in [1.165, 1.54) is 0 Å². The van der Waals surface area contributed by atoms with Crippen LogP contribution in [0.1, 0.15) is 23.8 Å². The number of rotatable bonds is 9. The molecule has 0 aliphatic heterocycles. The predicted molar refractivity (Wildman–Crippen MR) is 136 cm³/mol. The van der Waals surface area contributed by atoms with E-state index in [-0.39, 0.29) is 42.8 Å². The van der Waals surface area contributed by atoms with Crippen LogP contribution in [0.4, 0.5) is 0 Å². The number of hydrogen-bond acceptors (Lipinski definition) is 4. The number of benzene rings is 2. The second-order valence-corrected chi connectivity index (χ2v) is 8.82. The molecule has 168 valence electrons. The van der Waals surface area contributed by atoms with E-state index in [0.717, 1.165) is 27.9 Å². The van der Waals surface area contributed by atoms with Crippen LogP contribution in [0, 0.1) is 6.92 Å². The van der Waals surface area contributed by atoms with Crippen molar-refractivity contribution in [3.8, 4) is 0 Å². The molecule has 1 aromatic heterocycles. The molecule has 0 radical (unpaired) electrons. The molecule has 1 heterocycles. The molecular formula is C22H29IN4O3S. The molecule has 31 heavy (non-hydrogen) atoms. The fourth-order valence-corrected chi connectivity index (χ4v) is 3.94. The van der Waals surface area contributed by atoms with Gasteiger partial charge in [0.1, 0.15) is 17.9 Å². The lowest BCUT2D eigenvalue weighted by atomic mass is 10.1. The summed E-state index contributed by atoms with van der Waals surface area (Å²) < 4.78 is 33.0. The van der Waals surface area contributed by atoms with Crippen molar-refractivity contribution in [1.29, 1.82) is 0 Å². The zero-order chi connectivity index (χ0) is 21.4. The molecule has 0 amide bonds. The number of guanidine groups is 1. The first-order valence-corrected chi connectivity index (χ1v) is 11.6. The van der Waals surface area contributed by atoms with Gasteiger partial charge in [-0.2, -0.15) is 0 Å². The number of sulfonamides is 1. The van der Waals surface area contributed by atoms with Gasteiger partial charge in [-0.25, -0.2) is 18.1 Å². The van der Waals surface area contributed by atoms with E-state index < -0.39 is 10.0 Å². The minimum absolute atomic E-state index is 0. The number of nitrogens with one attached hydrogen (secondary N) is 3. The molecular weight excluding hydrogens is 527 g/mol. The van der Waals surface area contributed by atoms with Crippen LogP contribution < -0.4 is 15.4 Å². The zero-order valence-corrected chi connectivity index (χ0v) is 20.9. The van der Waals surface area contributed by atoms with Gasteiger partial charge in [-0.1, -0.05) is 48.5 Å². The van der Waals surface area contributed by atoms with Crippen molar-refractivity contribution < 1.29 is 12.8 Å². The first-order valence-electron chi connectivity index (χ1n) is 9.99. The lowest BCUT2D eigenvalue weighted by molar-refractivity contribution is 0.547. The Hall–Kier alpha value is -2.11. The van der Waals surface area contributed by atoms with Crippen molar-refractivity contribution in [3.05, 3.63) is 71.5 Å². The smallest absolute Gasteiger partial charge is 0.213 e. The molecule has 0 fully saturated rings. The molecule has 0 unspecified atom stereocenters. The van der Waals surface area contributed by atoms with Crippen LogP contribution in [0.25, 0.3) is 11.0 Å². The lowest BCUT2D eigenvalue weighted by Crippen LogP contribution is -2.41. The van der Waals surface area contributed by atoms with Gasteiger partial charge in [0.2, 0.25) is 10.0 Å². The maximum Gasteiger partial charge on any atom is 0.213 e. The molecule has 0 saturated heterocycles. The maximum atomic E-state index is 12.2. The molecule has 0 atom stereocenters. The van der Waals surface area contributed by atoms with Gasteiger partial charge in [-0.05, 0) is 25.5 Å². The van der Waals surface area contributed by atoms with Crippen molar-refractivity contribution >= 4 is 50.9 Å². The average molecular weight is 556 g/mol. The monoisotopic (exact) mass is 556 g/mol. The van der Waals surface area contributed by atoms with E-state index in [1.54, 1.807) is 0 Å². The second-order valence-electron chi connectivity index (χ2n) is 6.89. The van der Waals surface area contributed by atoms with Crippen molar-refractivity contribution in [3.63, 3.8) is 0 Å². The van der Waals surface area contributed by atoms with E-state index in [0.29, 0.717) is 19.0 Å². The normalized spacial score (nSPS) is 11.9. The molecule has 3 rings (SSSR count). The van der Waals surface area contributed by atoms with Gasteiger partial charge < -0.3 is 15.1 Å². The highest BCUT2D eigenvalue weighted by molar-refractivity contribution is 14.0. The standard InChI is InChI=1S/C22H28N4O3S.HI/c1-3-23-22(25-16-21-17(2)19-11-7-8-12-20(19)29-21)24-13-14-30(27,28)26-15-18-9-5-4-6-10-18;/h4-12,26H,3,13-16H2,1-2H3,(H2,23,24,25);1H. The number of nitrogens with zero attached hydrogens (tertiary/aromatic N) is 1. The van der Waals surface area contributed by atoms with E-state index in [4.69, 9.17) is 4.42 Å². The minimum atomic E-state index is -3.40. The fraction of sp³-hybridized carbons (Fsp3) is 0.318. The van der Waals surface area contributed by atoms with Crippen LogP contribution in [-0.2, 0) is 23.1 Å². The summed E-state index contributed by atoms with van der Waals surface area (Å²) in [5.74, 6) is 1.30. The number of para-hydroxylation sites is 1. The van der Waals surface area contributed by atoms with E-state index in [1.807, 2.05) is 68.4 Å². The third kappa shape index (κ3) is 7.51. The van der Waals surface area contributed by atoms with Gasteiger partial charge in [0.15, 0.2) is 5.96 Å². The highest BCUT2D eigenvalue weighted by atomic mass is 127. The van der Waals surface area contributed by atoms with Crippen LogP contribution >= 0.6 is 24.0 Å². The summed E-state index contributed by atoms with van der Waals surface area (Å²) in [5.41, 5.74) is 2.83. The molecule has 0 aliphatic rings. The first-order chi connectivity index (χ1) is 14.5. The Balaban J connectivity index is 0.00000341. The Bertz CT molecular complexity index is 1100. The van der Waals surface area contributed by atoms with E-state index >= 15 is 0 Å². The Morgan fingerprint density at radius 2 is 1.74 bits per heavy atom. The second kappa shape index (κ2) is 12.1. The molecule has 2 aromatic carbocycles. The summed E-state index contributed by atoms with van der Waals surface area (Å²) in [5, 5.41) is 7.29. The summed E-state index contributed by atoms with van der Waals surface area (Å²) in [6.07, 6.45) is 0. The molecule has 0 aliphatic carbocycles. The SMILES string of the molecule is CCNC(=NCc1oc2ccccc2c1C)NCCS(=O)(=O)NCc1ccccc1.I. The summed E-state index contributed by atoms with van der Waals surface area (Å²) in [4.78, 5) is 4.54. The molecule has 9 heteroatoms. The number of furan rings is 1. The molecule has 0 spiro atoms. The Morgan fingerprint density at radius 3 is 2.45 bits per heavy atom. The summed E-state index contributed by atoms with van der Waals surface area (Å²) >= 11 is 0. The molecule has 0 saturated carbocycles. The van der Waals surface area contributed by atoms with Gasteiger partial charge in [-0.15, -0.1) is 24.0 Å². The van der Waals surface area contributed by atoms with Gasteiger partial charge in [0.05, 0.1) is 5.75 Å². The summed E-state index contributed by atoms with van der Waals surface area (Å²) in [6.45, 7) is 5.54.